The summed E-state index contributed by atoms with van der Waals surface area (Å²) in [5.74, 6) is 0.0151. The highest BCUT2D eigenvalue weighted by atomic mass is 32.1. The summed E-state index contributed by atoms with van der Waals surface area (Å²) in [5, 5.41) is 10.4. The molecule has 18 heavy (non-hydrogen) atoms. The van der Waals surface area contributed by atoms with E-state index in [2.05, 4.69) is 12.2 Å². The molecule has 7 heteroatoms. The van der Waals surface area contributed by atoms with Gasteiger partial charge in [-0.25, -0.2) is 0 Å². The summed E-state index contributed by atoms with van der Waals surface area (Å²) in [5.41, 5.74) is -1.72. The van der Waals surface area contributed by atoms with E-state index in [4.69, 9.17) is 9.68 Å². The SMILES string of the molecule is N#Cc1c(C(F)(F)F)cc(-c2cccs2)oc1=S. The first-order chi connectivity index (χ1) is 8.43. The molecule has 2 nitrogen and oxygen atoms in total. The zero-order valence-electron chi connectivity index (χ0n) is 8.62. The van der Waals surface area contributed by atoms with Gasteiger partial charge in [-0.05, 0) is 29.7 Å². The van der Waals surface area contributed by atoms with E-state index >= 15 is 0 Å². The van der Waals surface area contributed by atoms with E-state index in [1.807, 2.05) is 0 Å². The summed E-state index contributed by atoms with van der Waals surface area (Å²) in [6, 6.07) is 5.53. The molecule has 0 fully saturated rings. The fourth-order valence-electron chi connectivity index (χ4n) is 1.36. The Kier molecular flexibility index (Phi) is 3.24. The van der Waals surface area contributed by atoms with Crippen molar-refractivity contribution in [1.29, 1.82) is 5.26 Å². The molecule has 2 aromatic rings. The molecular weight excluding hydrogens is 283 g/mol. The van der Waals surface area contributed by atoms with Crippen LogP contribution in [0.25, 0.3) is 10.6 Å². The fraction of sp³-hybridized carbons (Fsp3) is 0.0909. The Morgan fingerprint density at radius 2 is 2.11 bits per heavy atom. The first kappa shape index (κ1) is 12.8. The quantitative estimate of drug-likeness (QED) is 0.718. The maximum absolute atomic E-state index is 12.8. The molecular formula is C11H4F3NOS2. The first-order valence-electron chi connectivity index (χ1n) is 4.63. The lowest BCUT2D eigenvalue weighted by Gasteiger charge is -2.09. The molecule has 0 saturated carbocycles. The van der Waals surface area contributed by atoms with Gasteiger partial charge in [0.2, 0.25) is 4.71 Å². The third-order valence-electron chi connectivity index (χ3n) is 2.13. The molecule has 0 radical (unpaired) electrons. The van der Waals surface area contributed by atoms with Crippen molar-refractivity contribution < 1.29 is 17.6 Å². The van der Waals surface area contributed by atoms with Gasteiger partial charge in [-0.15, -0.1) is 11.3 Å². The van der Waals surface area contributed by atoms with Crippen molar-refractivity contribution in [2.45, 2.75) is 6.18 Å². The van der Waals surface area contributed by atoms with E-state index in [0.717, 1.165) is 6.07 Å². The van der Waals surface area contributed by atoms with Gasteiger partial charge in [0.1, 0.15) is 17.4 Å². The molecule has 92 valence electrons. The predicted molar refractivity (Wildman–Crippen MR) is 62.6 cm³/mol. The van der Waals surface area contributed by atoms with Crippen LogP contribution in [0.3, 0.4) is 0 Å². The maximum atomic E-state index is 12.8. The van der Waals surface area contributed by atoms with Crippen molar-refractivity contribution in [2.24, 2.45) is 0 Å². The molecule has 2 aromatic heterocycles. The molecule has 0 aliphatic rings. The van der Waals surface area contributed by atoms with Gasteiger partial charge in [0, 0.05) is 0 Å². The number of halogens is 3. The second-order valence-corrected chi connectivity index (χ2v) is 4.59. The Labute approximate surface area is 109 Å². The van der Waals surface area contributed by atoms with Gasteiger partial charge in [0.15, 0.2) is 0 Å². The van der Waals surface area contributed by atoms with Crippen molar-refractivity contribution in [2.75, 3.05) is 0 Å². The first-order valence-corrected chi connectivity index (χ1v) is 5.91. The summed E-state index contributed by atoms with van der Waals surface area (Å²) >= 11 is 5.91. The van der Waals surface area contributed by atoms with Crippen LogP contribution < -0.4 is 0 Å². The van der Waals surface area contributed by atoms with Gasteiger partial charge in [0.05, 0.1) is 10.4 Å². The van der Waals surface area contributed by atoms with Gasteiger partial charge < -0.3 is 4.42 Å². The van der Waals surface area contributed by atoms with Crippen LogP contribution in [0.5, 0.6) is 0 Å². The number of alkyl halides is 3. The van der Waals surface area contributed by atoms with Crippen LogP contribution in [-0.4, -0.2) is 0 Å². The minimum Gasteiger partial charge on any atom is -0.443 e. The molecule has 0 aliphatic heterocycles. The van der Waals surface area contributed by atoms with Crippen molar-refractivity contribution in [3.8, 4) is 16.7 Å². The van der Waals surface area contributed by atoms with Crippen LogP contribution in [0.4, 0.5) is 13.2 Å². The third-order valence-corrected chi connectivity index (χ3v) is 3.30. The molecule has 0 bridgehead atoms. The van der Waals surface area contributed by atoms with Gasteiger partial charge in [-0.3, -0.25) is 0 Å². The van der Waals surface area contributed by atoms with Crippen LogP contribution in [0.2, 0.25) is 0 Å². The number of nitrogens with zero attached hydrogens (tertiary/aromatic N) is 1. The monoisotopic (exact) mass is 287 g/mol. The molecule has 0 amide bonds. The number of rotatable bonds is 1. The number of hydrogen-bond donors (Lipinski definition) is 0. The lowest BCUT2D eigenvalue weighted by molar-refractivity contribution is -0.138. The average molecular weight is 287 g/mol. The summed E-state index contributed by atoms with van der Waals surface area (Å²) in [6.45, 7) is 0. The molecule has 0 aliphatic carbocycles. The molecule has 0 aromatic carbocycles. The van der Waals surface area contributed by atoms with Crippen molar-refractivity contribution in [1.82, 2.24) is 0 Å². The van der Waals surface area contributed by atoms with Crippen LogP contribution in [-0.2, 0) is 6.18 Å². The number of hydrogen-bond acceptors (Lipinski definition) is 4. The maximum Gasteiger partial charge on any atom is 0.417 e. The zero-order chi connectivity index (χ0) is 13.3. The lowest BCUT2D eigenvalue weighted by atomic mass is 10.1. The molecule has 0 saturated heterocycles. The number of nitriles is 1. The predicted octanol–water partition coefficient (Wildman–Crippen LogP) is 4.63. The largest absolute Gasteiger partial charge is 0.443 e. The molecule has 2 rings (SSSR count). The van der Waals surface area contributed by atoms with Crippen molar-refractivity contribution in [3.63, 3.8) is 0 Å². The van der Waals surface area contributed by atoms with E-state index in [-0.39, 0.29) is 5.76 Å². The molecule has 0 N–H and O–H groups in total. The second kappa shape index (κ2) is 4.55. The van der Waals surface area contributed by atoms with Crippen LogP contribution in [0.15, 0.2) is 28.0 Å². The highest BCUT2D eigenvalue weighted by Gasteiger charge is 2.35. The minimum atomic E-state index is -4.64. The Bertz CT molecular complexity index is 665. The topological polar surface area (TPSA) is 36.9 Å². The van der Waals surface area contributed by atoms with Gasteiger partial charge in [-0.2, -0.15) is 18.4 Å². The van der Waals surface area contributed by atoms with E-state index in [9.17, 15) is 13.2 Å². The van der Waals surface area contributed by atoms with Crippen LogP contribution in [0, 0.1) is 16.0 Å². The Morgan fingerprint density at radius 1 is 1.39 bits per heavy atom. The van der Waals surface area contributed by atoms with Crippen LogP contribution in [0.1, 0.15) is 11.1 Å². The summed E-state index contributed by atoms with van der Waals surface area (Å²) in [7, 11) is 0. The van der Waals surface area contributed by atoms with Gasteiger partial charge in [-0.1, -0.05) is 6.07 Å². The molecule has 0 atom stereocenters. The van der Waals surface area contributed by atoms with Gasteiger partial charge >= 0.3 is 6.18 Å². The number of thiophene rings is 1. The Hall–Kier alpha value is -1.65. The van der Waals surface area contributed by atoms with Crippen LogP contribution >= 0.6 is 23.6 Å². The molecule has 2 heterocycles. The summed E-state index contributed by atoms with van der Waals surface area (Å²) in [6.07, 6.45) is -4.64. The molecule has 0 spiro atoms. The van der Waals surface area contributed by atoms with Crippen molar-refractivity contribution >= 4 is 23.6 Å². The smallest absolute Gasteiger partial charge is 0.417 e. The second-order valence-electron chi connectivity index (χ2n) is 3.27. The van der Waals surface area contributed by atoms with E-state index < -0.39 is 22.0 Å². The lowest BCUT2D eigenvalue weighted by Crippen LogP contribution is -2.08. The van der Waals surface area contributed by atoms with E-state index in [1.165, 1.54) is 17.4 Å². The van der Waals surface area contributed by atoms with E-state index in [1.54, 1.807) is 17.5 Å². The molecule has 0 unspecified atom stereocenters. The Balaban J connectivity index is 2.73. The van der Waals surface area contributed by atoms with Gasteiger partial charge in [0.25, 0.3) is 0 Å². The minimum absolute atomic E-state index is 0.0151. The zero-order valence-corrected chi connectivity index (χ0v) is 10.2. The Morgan fingerprint density at radius 3 is 2.61 bits per heavy atom. The van der Waals surface area contributed by atoms with E-state index in [0.29, 0.717) is 4.88 Å². The normalized spacial score (nSPS) is 11.2. The average Bonchev–Trinajstić information content (AvgIpc) is 2.80. The highest BCUT2D eigenvalue weighted by molar-refractivity contribution is 7.71. The van der Waals surface area contributed by atoms with Crippen molar-refractivity contribution in [3.05, 3.63) is 39.4 Å². The summed E-state index contributed by atoms with van der Waals surface area (Å²) < 4.78 is 43.0. The standard InChI is InChI=1S/C11H4F3NOS2/c12-11(13,14)7-4-8(9-2-1-3-18-9)16-10(17)6(7)5-15/h1-4H. The fourth-order valence-corrected chi connectivity index (χ4v) is 2.29. The third kappa shape index (κ3) is 2.30. The highest BCUT2D eigenvalue weighted by Crippen LogP contribution is 2.36. The summed E-state index contributed by atoms with van der Waals surface area (Å²) in [4.78, 5) is 0.524.